The number of ether oxygens (including phenoxy) is 1. The van der Waals surface area contributed by atoms with Crippen molar-refractivity contribution in [3.8, 4) is 0 Å². The molecule has 2 amide bonds. The molecule has 134 valence electrons. The van der Waals surface area contributed by atoms with Crippen molar-refractivity contribution < 1.29 is 19.1 Å². The number of esters is 1. The molecule has 1 rings (SSSR count). The number of rotatable bonds is 7. The lowest BCUT2D eigenvalue weighted by atomic mass is 10.1. The van der Waals surface area contributed by atoms with Gasteiger partial charge in [0.2, 0.25) is 11.8 Å². The summed E-state index contributed by atoms with van der Waals surface area (Å²) in [6, 6.07) is -2.20. The van der Waals surface area contributed by atoms with E-state index in [0.29, 0.717) is 25.1 Å². The molecule has 1 heterocycles. The summed E-state index contributed by atoms with van der Waals surface area (Å²) in [5.41, 5.74) is 6.07. The Hall–Kier alpha value is -2.22. The fraction of sp³-hybridized carbons (Fsp3) is 0.625. The van der Waals surface area contributed by atoms with Crippen molar-refractivity contribution >= 4 is 24.0 Å². The first-order chi connectivity index (χ1) is 11.3. The van der Waals surface area contributed by atoms with Gasteiger partial charge >= 0.3 is 5.97 Å². The number of carbonyl (C=O) groups excluding carboxylic acids is 3. The smallest absolute Gasteiger partial charge is 0.328 e. The highest BCUT2D eigenvalue weighted by Gasteiger charge is 2.36. The second-order valence-electron chi connectivity index (χ2n) is 5.72. The highest BCUT2D eigenvalue weighted by atomic mass is 16.5. The van der Waals surface area contributed by atoms with Gasteiger partial charge in [0.1, 0.15) is 12.1 Å². The lowest BCUT2D eigenvalue weighted by Crippen LogP contribution is -2.53. The van der Waals surface area contributed by atoms with Crippen LogP contribution in [-0.2, 0) is 19.1 Å². The minimum atomic E-state index is -0.897. The van der Waals surface area contributed by atoms with E-state index in [4.69, 9.17) is 10.5 Å². The van der Waals surface area contributed by atoms with Crippen LogP contribution in [0.2, 0.25) is 0 Å². The molecule has 1 aliphatic heterocycles. The van der Waals surface area contributed by atoms with E-state index in [0.717, 1.165) is 0 Å². The molecule has 0 saturated carbocycles. The van der Waals surface area contributed by atoms with E-state index in [2.05, 4.69) is 16.9 Å². The van der Waals surface area contributed by atoms with Crippen molar-refractivity contribution in [2.24, 2.45) is 10.7 Å². The molecule has 8 heteroatoms. The number of aliphatic imine (C=N–C) groups is 1. The van der Waals surface area contributed by atoms with Gasteiger partial charge in [-0.15, -0.1) is 0 Å². The normalized spacial score (nSPS) is 19.8. The van der Waals surface area contributed by atoms with Gasteiger partial charge in [-0.25, -0.2) is 4.79 Å². The number of nitrogens with two attached hydrogens (primary N) is 1. The molecular formula is C16H26N4O4. The van der Waals surface area contributed by atoms with Crippen LogP contribution in [0.25, 0.3) is 0 Å². The highest BCUT2D eigenvalue weighted by molar-refractivity contribution is 5.92. The number of methoxy groups -OCH3 is 1. The van der Waals surface area contributed by atoms with Crippen LogP contribution in [0, 0.1) is 0 Å². The van der Waals surface area contributed by atoms with Crippen LogP contribution in [0.4, 0.5) is 0 Å². The van der Waals surface area contributed by atoms with Gasteiger partial charge < -0.3 is 20.7 Å². The molecule has 0 aliphatic carbocycles. The molecule has 3 atom stereocenters. The van der Waals surface area contributed by atoms with Crippen molar-refractivity contribution in [1.82, 2.24) is 10.2 Å². The molecule has 3 N–H and O–H groups in total. The van der Waals surface area contributed by atoms with Crippen molar-refractivity contribution in [3.05, 3.63) is 12.3 Å². The van der Waals surface area contributed by atoms with Crippen LogP contribution in [0.3, 0.4) is 0 Å². The Bertz CT molecular complexity index is 530. The lowest BCUT2D eigenvalue weighted by molar-refractivity contribution is -0.146. The first kappa shape index (κ1) is 19.8. The van der Waals surface area contributed by atoms with E-state index in [9.17, 15) is 14.4 Å². The zero-order valence-corrected chi connectivity index (χ0v) is 14.4. The Morgan fingerprint density at radius 2 is 2.17 bits per heavy atom. The van der Waals surface area contributed by atoms with Crippen LogP contribution < -0.4 is 11.1 Å². The zero-order chi connectivity index (χ0) is 18.3. The molecule has 0 bridgehead atoms. The molecule has 0 aromatic carbocycles. The summed E-state index contributed by atoms with van der Waals surface area (Å²) in [6.07, 6.45) is 2.94. The number of amides is 2. The molecule has 24 heavy (non-hydrogen) atoms. The van der Waals surface area contributed by atoms with E-state index >= 15 is 0 Å². The summed E-state index contributed by atoms with van der Waals surface area (Å²) in [5, 5.41) is 2.64. The Morgan fingerprint density at radius 3 is 2.71 bits per heavy atom. The quantitative estimate of drug-likeness (QED) is 0.500. The van der Waals surface area contributed by atoms with Crippen LogP contribution in [0.1, 0.15) is 33.1 Å². The fourth-order valence-electron chi connectivity index (χ4n) is 2.64. The third-order valence-electron chi connectivity index (χ3n) is 3.78. The maximum Gasteiger partial charge on any atom is 0.328 e. The SMILES string of the molecule is C=C(C[C@H](NC(=O)[C@@H]1CCCN1C(=O)[C@@H](C)N)C(=O)OC)/N=C\C. The van der Waals surface area contributed by atoms with E-state index < -0.39 is 30.0 Å². The van der Waals surface area contributed by atoms with Gasteiger partial charge in [0, 0.05) is 24.9 Å². The number of hydrogen-bond acceptors (Lipinski definition) is 6. The maximum absolute atomic E-state index is 12.5. The molecule has 0 radical (unpaired) electrons. The summed E-state index contributed by atoms with van der Waals surface area (Å²) in [6.45, 7) is 7.53. The number of carbonyl (C=O) groups is 3. The second kappa shape index (κ2) is 9.17. The zero-order valence-electron chi connectivity index (χ0n) is 14.4. The van der Waals surface area contributed by atoms with Gasteiger partial charge in [-0.3, -0.25) is 14.6 Å². The van der Waals surface area contributed by atoms with Gasteiger partial charge in [0.25, 0.3) is 0 Å². The Kier molecular flexibility index (Phi) is 7.57. The Balaban J connectivity index is 2.81. The summed E-state index contributed by atoms with van der Waals surface area (Å²) >= 11 is 0. The summed E-state index contributed by atoms with van der Waals surface area (Å²) < 4.78 is 4.72. The lowest BCUT2D eigenvalue weighted by Gasteiger charge is -2.27. The summed E-state index contributed by atoms with van der Waals surface area (Å²) in [7, 11) is 1.24. The fourth-order valence-corrected chi connectivity index (χ4v) is 2.64. The Morgan fingerprint density at radius 1 is 1.50 bits per heavy atom. The molecule has 8 nitrogen and oxygen atoms in total. The number of hydrogen-bond donors (Lipinski definition) is 2. The standard InChI is InChI=1S/C16H26N4O4/c1-5-18-10(2)9-12(16(23)24-4)19-14(21)13-7-6-8-20(13)15(22)11(3)17/h5,11-13H,2,6-9,17H2,1,3-4H3,(H,19,21)/b18-5-/t11-,12+,13+/m1/s1. The van der Waals surface area contributed by atoms with E-state index in [1.165, 1.54) is 12.0 Å². The first-order valence-electron chi connectivity index (χ1n) is 7.92. The van der Waals surface area contributed by atoms with Crippen LogP contribution >= 0.6 is 0 Å². The summed E-state index contributed by atoms with van der Waals surface area (Å²) in [5.74, 6) is -1.26. The number of nitrogens with one attached hydrogen (secondary N) is 1. The van der Waals surface area contributed by atoms with E-state index in [1.807, 2.05) is 0 Å². The molecule has 1 aliphatic rings. The average Bonchev–Trinajstić information content (AvgIpc) is 3.02. The largest absolute Gasteiger partial charge is 0.467 e. The minimum absolute atomic E-state index is 0.136. The molecule has 0 aromatic heterocycles. The van der Waals surface area contributed by atoms with Crippen molar-refractivity contribution in [3.63, 3.8) is 0 Å². The van der Waals surface area contributed by atoms with Gasteiger partial charge in [-0.05, 0) is 26.7 Å². The maximum atomic E-state index is 12.5. The van der Waals surface area contributed by atoms with Gasteiger partial charge in [0.05, 0.1) is 13.2 Å². The average molecular weight is 338 g/mol. The van der Waals surface area contributed by atoms with E-state index in [-0.39, 0.29) is 12.3 Å². The topological polar surface area (TPSA) is 114 Å². The van der Waals surface area contributed by atoms with Gasteiger partial charge in [0.15, 0.2) is 0 Å². The summed E-state index contributed by atoms with van der Waals surface area (Å²) in [4.78, 5) is 42.0. The number of likely N-dealkylation sites (tertiary alicyclic amines) is 1. The molecular weight excluding hydrogens is 312 g/mol. The Labute approximate surface area is 142 Å². The van der Waals surface area contributed by atoms with Crippen LogP contribution in [-0.4, -0.2) is 60.7 Å². The predicted octanol–water partition coefficient (Wildman–Crippen LogP) is -0.0231. The predicted molar refractivity (Wildman–Crippen MR) is 90.3 cm³/mol. The van der Waals surface area contributed by atoms with Gasteiger partial charge in [-0.2, -0.15) is 0 Å². The van der Waals surface area contributed by atoms with Crippen molar-refractivity contribution in [2.75, 3.05) is 13.7 Å². The van der Waals surface area contributed by atoms with Crippen LogP contribution in [0.5, 0.6) is 0 Å². The first-order valence-corrected chi connectivity index (χ1v) is 7.92. The number of nitrogens with zero attached hydrogens (tertiary/aromatic N) is 2. The molecule has 0 spiro atoms. The molecule has 0 unspecified atom stereocenters. The van der Waals surface area contributed by atoms with E-state index in [1.54, 1.807) is 20.1 Å². The van der Waals surface area contributed by atoms with Crippen molar-refractivity contribution in [1.29, 1.82) is 0 Å². The third-order valence-corrected chi connectivity index (χ3v) is 3.78. The monoisotopic (exact) mass is 338 g/mol. The molecule has 1 fully saturated rings. The van der Waals surface area contributed by atoms with Crippen LogP contribution in [0.15, 0.2) is 17.3 Å². The third kappa shape index (κ3) is 5.16. The van der Waals surface area contributed by atoms with Crippen molar-refractivity contribution in [2.45, 2.75) is 51.2 Å². The minimum Gasteiger partial charge on any atom is -0.467 e. The molecule has 1 saturated heterocycles. The second-order valence-corrected chi connectivity index (χ2v) is 5.72. The van der Waals surface area contributed by atoms with Gasteiger partial charge in [-0.1, -0.05) is 6.58 Å². The molecule has 0 aromatic rings. The highest BCUT2D eigenvalue weighted by Crippen LogP contribution is 2.19.